The van der Waals surface area contributed by atoms with Gasteiger partial charge in [-0.3, -0.25) is 4.57 Å². The van der Waals surface area contributed by atoms with Crippen molar-refractivity contribution in [2.24, 2.45) is 0 Å². The van der Waals surface area contributed by atoms with Crippen molar-refractivity contribution in [3.8, 4) is 0 Å². The molecule has 0 aromatic rings. The van der Waals surface area contributed by atoms with Crippen LogP contribution in [0.2, 0.25) is 0 Å². The van der Waals surface area contributed by atoms with E-state index in [0.717, 1.165) is 12.2 Å². The molecule has 2 N–H and O–H groups in total. The van der Waals surface area contributed by atoms with Crippen LogP contribution in [0.3, 0.4) is 0 Å². The van der Waals surface area contributed by atoms with Gasteiger partial charge in [-0.15, -0.1) is 0 Å². The minimum Gasteiger partial charge on any atom is -0.463 e. The Morgan fingerprint density at radius 2 is 1.64 bits per heavy atom. The molecule has 9 heteroatoms. The van der Waals surface area contributed by atoms with Crippen LogP contribution in [0, 0.1) is 0 Å². The molecule has 0 saturated carbocycles. The highest BCUT2D eigenvalue weighted by molar-refractivity contribution is 7.53. The Morgan fingerprint density at radius 3 is 2.00 bits per heavy atom. The van der Waals surface area contributed by atoms with Crippen LogP contribution in [0.5, 0.6) is 0 Å². The van der Waals surface area contributed by atoms with Crippen molar-refractivity contribution < 1.29 is 37.9 Å². The zero-order valence-electron chi connectivity index (χ0n) is 13.6. The van der Waals surface area contributed by atoms with Gasteiger partial charge in [0, 0.05) is 18.6 Å². The zero-order valence-corrected chi connectivity index (χ0v) is 14.5. The van der Waals surface area contributed by atoms with Gasteiger partial charge in [0.2, 0.25) is 0 Å². The van der Waals surface area contributed by atoms with Gasteiger partial charge in [-0.1, -0.05) is 6.92 Å². The Balaban J connectivity index is 5.27. The fraction of sp³-hybridized carbons (Fsp3) is 0.692. The molecule has 1 atom stereocenters. The van der Waals surface area contributed by atoms with Crippen LogP contribution in [-0.4, -0.2) is 65.8 Å². The summed E-state index contributed by atoms with van der Waals surface area (Å²) >= 11 is 0. The van der Waals surface area contributed by atoms with E-state index >= 15 is 0 Å². The molecule has 1 unspecified atom stereocenters. The Hall–Kier alpha value is -1.21. The third-order valence-corrected chi connectivity index (χ3v) is 4.35. The van der Waals surface area contributed by atoms with Gasteiger partial charge in [0.15, 0.2) is 0 Å². The van der Waals surface area contributed by atoms with Crippen LogP contribution >= 0.6 is 7.60 Å². The molecule has 0 heterocycles. The lowest BCUT2D eigenvalue weighted by Gasteiger charge is -2.37. The largest absolute Gasteiger partial charge is 0.463 e. The van der Waals surface area contributed by atoms with Crippen molar-refractivity contribution in [2.45, 2.75) is 25.6 Å². The van der Waals surface area contributed by atoms with E-state index < -0.39 is 24.9 Å². The Bertz CT molecular complexity index is 477. The van der Waals surface area contributed by atoms with Gasteiger partial charge >= 0.3 is 19.5 Å². The van der Waals surface area contributed by atoms with Crippen LogP contribution in [-0.2, 0) is 23.6 Å². The molecular weight excluding hydrogens is 313 g/mol. The lowest BCUT2D eigenvalue weighted by Crippen LogP contribution is -2.51. The first-order chi connectivity index (χ1) is 9.87. The lowest BCUT2D eigenvalue weighted by molar-refractivity contribution is -0.875. The molecule has 22 heavy (non-hydrogen) atoms. The normalized spacial score (nSPS) is 15.4. The van der Waals surface area contributed by atoms with Crippen molar-refractivity contribution >= 4 is 19.5 Å². The maximum absolute atomic E-state index is 11.8. The SMILES string of the molecule is CCOC(=O)/C=C\C(=O)OC(CC)(C[N+](C)(C)C)P(=O)(O)O. The molecular formula is C13H25NO7P+. The summed E-state index contributed by atoms with van der Waals surface area (Å²) in [6, 6.07) is 0. The average Bonchev–Trinajstić information content (AvgIpc) is 2.32. The second kappa shape index (κ2) is 7.87. The average molecular weight is 338 g/mol. The second-order valence-corrected chi connectivity index (χ2v) is 7.70. The second-order valence-electron chi connectivity index (χ2n) is 5.80. The molecule has 8 nitrogen and oxygen atoms in total. The molecule has 0 rings (SSSR count). The number of rotatable bonds is 8. The van der Waals surface area contributed by atoms with Crippen LogP contribution in [0.15, 0.2) is 12.2 Å². The molecule has 0 amide bonds. The van der Waals surface area contributed by atoms with Crippen molar-refractivity contribution in [1.29, 1.82) is 0 Å². The molecule has 0 aliphatic carbocycles. The number of hydrogen-bond acceptors (Lipinski definition) is 5. The van der Waals surface area contributed by atoms with E-state index in [1.165, 1.54) is 6.92 Å². The molecule has 0 fully saturated rings. The molecule has 0 bridgehead atoms. The molecule has 128 valence electrons. The number of carbonyl (C=O) groups is 2. The lowest BCUT2D eigenvalue weighted by atomic mass is 10.2. The number of hydrogen-bond donors (Lipinski definition) is 2. The van der Waals surface area contributed by atoms with E-state index in [-0.39, 0.29) is 24.1 Å². The first kappa shape index (κ1) is 20.8. The van der Waals surface area contributed by atoms with Crippen LogP contribution in [0.4, 0.5) is 0 Å². The number of nitrogens with zero attached hydrogens (tertiary/aromatic N) is 1. The van der Waals surface area contributed by atoms with Crippen molar-refractivity contribution in [2.75, 3.05) is 34.3 Å². The smallest absolute Gasteiger partial charge is 0.374 e. The minimum absolute atomic E-state index is 0.0637. The molecule has 0 aromatic heterocycles. The number of carbonyl (C=O) groups excluding carboxylic acids is 2. The zero-order chi connectivity index (χ0) is 17.6. The van der Waals surface area contributed by atoms with Crippen LogP contribution in [0.1, 0.15) is 20.3 Å². The van der Waals surface area contributed by atoms with Crippen molar-refractivity contribution in [3.63, 3.8) is 0 Å². The Labute approximate surface area is 130 Å². The quantitative estimate of drug-likeness (QED) is 0.289. The van der Waals surface area contributed by atoms with Crippen molar-refractivity contribution in [3.05, 3.63) is 12.2 Å². The minimum atomic E-state index is -4.73. The van der Waals surface area contributed by atoms with Crippen molar-refractivity contribution in [1.82, 2.24) is 0 Å². The summed E-state index contributed by atoms with van der Waals surface area (Å²) in [6.07, 6.45) is 1.59. The van der Waals surface area contributed by atoms with E-state index in [4.69, 9.17) is 4.74 Å². The maximum atomic E-state index is 11.8. The highest BCUT2D eigenvalue weighted by Crippen LogP contribution is 2.54. The molecule has 0 spiro atoms. The van der Waals surface area contributed by atoms with E-state index in [1.54, 1.807) is 28.1 Å². The summed E-state index contributed by atoms with van der Waals surface area (Å²) in [7, 11) is 0.448. The number of ether oxygens (including phenoxy) is 2. The summed E-state index contributed by atoms with van der Waals surface area (Å²) in [5, 5.41) is -1.94. The predicted molar refractivity (Wildman–Crippen MR) is 79.8 cm³/mol. The fourth-order valence-electron chi connectivity index (χ4n) is 1.86. The summed E-state index contributed by atoms with van der Waals surface area (Å²) in [5.41, 5.74) is 0. The van der Waals surface area contributed by atoms with E-state index in [2.05, 4.69) is 4.74 Å². The summed E-state index contributed by atoms with van der Waals surface area (Å²) in [5.74, 6) is -1.74. The summed E-state index contributed by atoms with van der Waals surface area (Å²) in [4.78, 5) is 42.1. The number of likely N-dealkylation sites (N-methyl/N-ethyl adjacent to an activating group) is 1. The highest BCUT2D eigenvalue weighted by Gasteiger charge is 2.53. The monoisotopic (exact) mass is 338 g/mol. The Morgan fingerprint density at radius 1 is 1.14 bits per heavy atom. The Kier molecular flexibility index (Phi) is 7.44. The van der Waals surface area contributed by atoms with Gasteiger partial charge in [-0.2, -0.15) is 0 Å². The standard InChI is InChI=1S/C13H24NO7P/c1-6-13(22(17,18)19,10-14(3,4)5)21-12(16)9-8-11(15)20-7-2/h8-9H,6-7,10H2,1-5H3,(H-,17,18,19)/p+1/b9-8-. The molecule has 0 radical (unpaired) electrons. The maximum Gasteiger partial charge on any atom is 0.374 e. The summed E-state index contributed by atoms with van der Waals surface area (Å²) < 4.78 is 21.7. The van der Waals surface area contributed by atoms with Crippen LogP contribution < -0.4 is 0 Å². The van der Waals surface area contributed by atoms with E-state index in [0.29, 0.717) is 0 Å². The van der Waals surface area contributed by atoms with Gasteiger partial charge in [-0.05, 0) is 6.92 Å². The van der Waals surface area contributed by atoms with Gasteiger partial charge in [0.1, 0.15) is 6.54 Å². The predicted octanol–water partition coefficient (Wildman–Crippen LogP) is 0.639. The number of esters is 2. The van der Waals surface area contributed by atoms with Crippen LogP contribution in [0.25, 0.3) is 0 Å². The molecule has 0 aliphatic heterocycles. The van der Waals surface area contributed by atoms with E-state index in [9.17, 15) is 23.9 Å². The summed E-state index contributed by atoms with van der Waals surface area (Å²) in [6.45, 7) is 3.21. The number of quaternary nitrogens is 1. The highest BCUT2D eigenvalue weighted by atomic mass is 31.2. The van der Waals surface area contributed by atoms with E-state index in [1.807, 2.05) is 0 Å². The van der Waals surface area contributed by atoms with Gasteiger partial charge in [-0.25, -0.2) is 9.59 Å². The first-order valence-electron chi connectivity index (χ1n) is 6.81. The third-order valence-electron chi connectivity index (χ3n) is 2.74. The van der Waals surface area contributed by atoms with Gasteiger partial charge < -0.3 is 23.7 Å². The molecule has 0 aromatic carbocycles. The molecule has 0 aliphatic rings. The topological polar surface area (TPSA) is 110 Å². The fourth-order valence-corrected chi connectivity index (χ4v) is 3.09. The first-order valence-corrected chi connectivity index (χ1v) is 8.42. The third kappa shape index (κ3) is 6.70. The molecule has 0 saturated heterocycles. The van der Waals surface area contributed by atoms with Gasteiger partial charge in [0.05, 0.1) is 27.7 Å². The van der Waals surface area contributed by atoms with Gasteiger partial charge in [0.25, 0.3) is 5.34 Å².